The number of nitrogens with zero attached hydrogens (tertiary/aromatic N) is 1. The predicted molar refractivity (Wildman–Crippen MR) is 74.8 cm³/mol. The van der Waals surface area contributed by atoms with Gasteiger partial charge in [-0.05, 0) is 17.2 Å². The second-order valence-electron chi connectivity index (χ2n) is 4.11. The highest BCUT2D eigenvalue weighted by molar-refractivity contribution is 6.32. The topological polar surface area (TPSA) is 72.6 Å². The van der Waals surface area contributed by atoms with Crippen molar-refractivity contribution in [1.29, 1.82) is 0 Å². The molecule has 0 aliphatic rings. The molecule has 0 saturated heterocycles. The molecule has 0 heterocycles. The maximum Gasteiger partial charge on any atom is 0.312 e. The van der Waals surface area contributed by atoms with Crippen LogP contribution in [-0.2, 0) is 13.2 Å². The molecule has 0 bridgehead atoms. The summed E-state index contributed by atoms with van der Waals surface area (Å²) in [6.07, 6.45) is 0. The van der Waals surface area contributed by atoms with Crippen molar-refractivity contribution in [2.45, 2.75) is 13.2 Å². The molecule has 0 aliphatic carbocycles. The van der Waals surface area contributed by atoms with Gasteiger partial charge in [0.25, 0.3) is 0 Å². The van der Waals surface area contributed by atoms with Gasteiger partial charge in [-0.2, -0.15) is 0 Å². The Morgan fingerprint density at radius 2 is 1.80 bits per heavy atom. The standard InChI is InChI=1S/C14H12ClNO4/c15-12-2-1-3-13(16(18)19)14(12)20-9-11-6-4-10(8-17)5-7-11/h1-7,17H,8-9H2. The first-order chi connectivity index (χ1) is 9.61. The van der Waals surface area contributed by atoms with Crippen LogP contribution in [0.15, 0.2) is 42.5 Å². The zero-order valence-corrected chi connectivity index (χ0v) is 11.2. The Morgan fingerprint density at radius 3 is 2.40 bits per heavy atom. The van der Waals surface area contributed by atoms with Crippen LogP contribution in [0.5, 0.6) is 5.75 Å². The van der Waals surface area contributed by atoms with Gasteiger partial charge in [-0.15, -0.1) is 0 Å². The molecule has 0 atom stereocenters. The minimum atomic E-state index is -0.532. The molecule has 104 valence electrons. The minimum Gasteiger partial charge on any atom is -0.481 e. The van der Waals surface area contributed by atoms with Crippen LogP contribution in [0.4, 0.5) is 5.69 Å². The lowest BCUT2D eigenvalue weighted by Crippen LogP contribution is -2.00. The number of aliphatic hydroxyl groups is 1. The van der Waals surface area contributed by atoms with Crippen LogP contribution < -0.4 is 4.74 Å². The summed E-state index contributed by atoms with van der Waals surface area (Å²) in [5.74, 6) is 0.0606. The number of hydrogen-bond donors (Lipinski definition) is 1. The van der Waals surface area contributed by atoms with Crippen molar-refractivity contribution in [2.24, 2.45) is 0 Å². The second kappa shape index (κ2) is 6.36. The zero-order valence-electron chi connectivity index (χ0n) is 10.5. The van der Waals surface area contributed by atoms with Gasteiger partial charge in [0.05, 0.1) is 16.6 Å². The monoisotopic (exact) mass is 293 g/mol. The third-order valence-electron chi connectivity index (χ3n) is 2.73. The highest BCUT2D eigenvalue weighted by Crippen LogP contribution is 2.34. The van der Waals surface area contributed by atoms with Crippen LogP contribution >= 0.6 is 11.6 Å². The van der Waals surface area contributed by atoms with E-state index in [-0.39, 0.29) is 29.7 Å². The number of rotatable bonds is 5. The molecule has 2 aromatic carbocycles. The van der Waals surface area contributed by atoms with E-state index in [1.807, 2.05) is 0 Å². The summed E-state index contributed by atoms with van der Waals surface area (Å²) < 4.78 is 5.45. The van der Waals surface area contributed by atoms with E-state index in [0.717, 1.165) is 11.1 Å². The number of ether oxygens (including phenoxy) is 1. The number of hydrogen-bond acceptors (Lipinski definition) is 4. The first-order valence-corrected chi connectivity index (χ1v) is 6.24. The van der Waals surface area contributed by atoms with Crippen molar-refractivity contribution in [3.8, 4) is 5.75 Å². The van der Waals surface area contributed by atoms with Crippen molar-refractivity contribution in [3.05, 3.63) is 68.7 Å². The Hall–Kier alpha value is -2.11. The van der Waals surface area contributed by atoms with Crippen LogP contribution in [0, 0.1) is 10.1 Å². The van der Waals surface area contributed by atoms with Gasteiger partial charge in [0, 0.05) is 6.07 Å². The summed E-state index contributed by atoms with van der Waals surface area (Å²) in [6, 6.07) is 11.5. The van der Waals surface area contributed by atoms with Gasteiger partial charge >= 0.3 is 5.69 Å². The van der Waals surface area contributed by atoms with E-state index in [0.29, 0.717) is 0 Å². The van der Waals surface area contributed by atoms with Gasteiger partial charge in [0.15, 0.2) is 0 Å². The van der Waals surface area contributed by atoms with Gasteiger partial charge in [-0.1, -0.05) is 41.9 Å². The second-order valence-corrected chi connectivity index (χ2v) is 4.52. The SMILES string of the molecule is O=[N+]([O-])c1cccc(Cl)c1OCc1ccc(CO)cc1. The molecule has 2 rings (SSSR count). The van der Waals surface area contributed by atoms with Crippen molar-refractivity contribution >= 4 is 17.3 Å². The normalized spacial score (nSPS) is 10.3. The van der Waals surface area contributed by atoms with E-state index >= 15 is 0 Å². The summed E-state index contributed by atoms with van der Waals surface area (Å²) >= 11 is 5.92. The van der Waals surface area contributed by atoms with E-state index < -0.39 is 4.92 Å². The molecule has 0 fully saturated rings. The van der Waals surface area contributed by atoms with Gasteiger partial charge in [0.1, 0.15) is 6.61 Å². The summed E-state index contributed by atoms with van der Waals surface area (Å²) in [6.45, 7) is 0.132. The number of benzene rings is 2. The average Bonchev–Trinajstić information content (AvgIpc) is 2.46. The van der Waals surface area contributed by atoms with Crippen molar-refractivity contribution < 1.29 is 14.8 Å². The van der Waals surface area contributed by atoms with Crippen LogP contribution in [0.3, 0.4) is 0 Å². The van der Waals surface area contributed by atoms with Crippen molar-refractivity contribution in [2.75, 3.05) is 0 Å². The molecule has 1 N–H and O–H groups in total. The molecule has 0 spiro atoms. The maximum absolute atomic E-state index is 10.9. The lowest BCUT2D eigenvalue weighted by Gasteiger charge is -2.08. The quantitative estimate of drug-likeness (QED) is 0.678. The zero-order chi connectivity index (χ0) is 14.5. The van der Waals surface area contributed by atoms with Crippen molar-refractivity contribution in [3.63, 3.8) is 0 Å². The Kier molecular flexibility index (Phi) is 4.55. The van der Waals surface area contributed by atoms with Crippen LogP contribution in [0.1, 0.15) is 11.1 Å². The van der Waals surface area contributed by atoms with E-state index in [4.69, 9.17) is 21.4 Å². The Labute approximate surface area is 120 Å². The number of halogens is 1. The molecule has 0 amide bonds. The summed E-state index contributed by atoms with van der Waals surface area (Å²) in [5, 5.41) is 20.1. The smallest absolute Gasteiger partial charge is 0.312 e. The molecule has 0 radical (unpaired) electrons. The summed E-state index contributed by atoms with van der Waals surface area (Å²) in [4.78, 5) is 10.4. The van der Waals surface area contributed by atoms with Crippen LogP contribution in [0.2, 0.25) is 5.02 Å². The first kappa shape index (κ1) is 14.3. The molecule has 20 heavy (non-hydrogen) atoms. The predicted octanol–water partition coefficient (Wildman–Crippen LogP) is 3.32. The molecular weight excluding hydrogens is 282 g/mol. The number of para-hydroxylation sites is 1. The molecule has 0 aliphatic heterocycles. The summed E-state index contributed by atoms with van der Waals surface area (Å²) in [5.41, 5.74) is 1.46. The fourth-order valence-corrected chi connectivity index (χ4v) is 1.90. The fraction of sp³-hybridized carbons (Fsp3) is 0.143. The molecule has 5 nitrogen and oxygen atoms in total. The molecule has 0 unspecified atom stereocenters. The lowest BCUT2D eigenvalue weighted by atomic mass is 10.1. The molecule has 6 heteroatoms. The molecule has 0 aromatic heterocycles. The van der Waals surface area contributed by atoms with E-state index in [2.05, 4.69) is 0 Å². The van der Waals surface area contributed by atoms with Crippen LogP contribution in [0.25, 0.3) is 0 Å². The summed E-state index contributed by atoms with van der Waals surface area (Å²) in [7, 11) is 0. The number of nitro benzene ring substituents is 1. The third-order valence-corrected chi connectivity index (χ3v) is 3.03. The van der Waals surface area contributed by atoms with E-state index in [9.17, 15) is 10.1 Å². The third kappa shape index (κ3) is 3.26. The largest absolute Gasteiger partial charge is 0.481 e. The molecular formula is C14H12ClNO4. The molecule has 0 saturated carbocycles. The number of aliphatic hydroxyl groups excluding tert-OH is 1. The maximum atomic E-state index is 10.9. The van der Waals surface area contributed by atoms with Crippen LogP contribution in [-0.4, -0.2) is 10.0 Å². The fourth-order valence-electron chi connectivity index (χ4n) is 1.68. The Balaban J connectivity index is 2.16. The highest BCUT2D eigenvalue weighted by atomic mass is 35.5. The molecule has 2 aromatic rings. The minimum absolute atomic E-state index is 0.0306. The van der Waals surface area contributed by atoms with Crippen molar-refractivity contribution in [1.82, 2.24) is 0 Å². The average molecular weight is 294 g/mol. The van der Waals surface area contributed by atoms with Gasteiger partial charge in [-0.25, -0.2) is 0 Å². The van der Waals surface area contributed by atoms with Gasteiger partial charge in [0.2, 0.25) is 5.75 Å². The Morgan fingerprint density at radius 1 is 1.15 bits per heavy atom. The number of nitro groups is 1. The lowest BCUT2D eigenvalue weighted by molar-refractivity contribution is -0.385. The van der Waals surface area contributed by atoms with Gasteiger partial charge in [-0.3, -0.25) is 10.1 Å². The first-order valence-electron chi connectivity index (χ1n) is 5.86. The van der Waals surface area contributed by atoms with Gasteiger partial charge < -0.3 is 9.84 Å². The van der Waals surface area contributed by atoms with E-state index in [1.54, 1.807) is 30.3 Å². The Bertz CT molecular complexity index is 613. The highest BCUT2D eigenvalue weighted by Gasteiger charge is 2.18. The van der Waals surface area contributed by atoms with E-state index in [1.165, 1.54) is 12.1 Å².